The molecule has 7 heteroatoms. The van der Waals surface area contributed by atoms with Crippen LogP contribution in [-0.4, -0.2) is 53.5 Å². The zero-order valence-corrected chi connectivity index (χ0v) is 11.8. The Hall–Kier alpha value is -1.34. The topological polar surface area (TPSA) is 91.3 Å². The highest BCUT2D eigenvalue weighted by Crippen LogP contribution is 2.21. The monoisotopic (exact) mass is 299 g/mol. The predicted molar refractivity (Wildman–Crippen MR) is 76.1 cm³/mol. The molecule has 0 amide bonds. The minimum atomic E-state index is -0.0106. The Labute approximate surface area is 122 Å². The van der Waals surface area contributed by atoms with Crippen molar-refractivity contribution in [2.75, 3.05) is 26.4 Å². The van der Waals surface area contributed by atoms with E-state index >= 15 is 0 Å². The second-order valence-electron chi connectivity index (χ2n) is 4.67. The van der Waals surface area contributed by atoms with Crippen LogP contribution in [-0.2, 0) is 11.3 Å². The first kappa shape index (κ1) is 15.1. The van der Waals surface area contributed by atoms with Gasteiger partial charge >= 0.3 is 0 Å². The molecule has 1 aliphatic heterocycles. The van der Waals surface area contributed by atoms with Gasteiger partial charge in [-0.2, -0.15) is 0 Å². The van der Waals surface area contributed by atoms with Gasteiger partial charge in [-0.1, -0.05) is 28.9 Å². The highest BCUT2D eigenvalue weighted by Gasteiger charge is 2.22. The number of hydrogen-bond acceptors (Lipinski definition) is 5. The summed E-state index contributed by atoms with van der Waals surface area (Å²) in [6.07, 6.45) is 0. The molecule has 1 saturated heterocycles. The van der Waals surface area contributed by atoms with Crippen LogP contribution in [0.4, 0.5) is 0 Å². The molecule has 0 bridgehead atoms. The number of benzene rings is 1. The number of rotatable bonds is 4. The van der Waals surface area contributed by atoms with Crippen molar-refractivity contribution in [2.45, 2.75) is 12.6 Å². The Balaban J connectivity index is 2.13. The van der Waals surface area contributed by atoms with Gasteiger partial charge in [0.1, 0.15) is 0 Å². The normalized spacial score (nSPS) is 21.1. The zero-order valence-electron chi connectivity index (χ0n) is 11.0. The zero-order chi connectivity index (χ0) is 14.5. The van der Waals surface area contributed by atoms with E-state index in [0.29, 0.717) is 30.3 Å². The van der Waals surface area contributed by atoms with Crippen LogP contribution in [0.25, 0.3) is 0 Å². The van der Waals surface area contributed by atoms with E-state index in [9.17, 15) is 5.11 Å². The molecule has 4 N–H and O–H groups in total. The number of ether oxygens (including phenoxy) is 1. The van der Waals surface area contributed by atoms with Gasteiger partial charge in [0.05, 0.1) is 25.9 Å². The highest BCUT2D eigenvalue weighted by atomic mass is 35.5. The summed E-state index contributed by atoms with van der Waals surface area (Å²) in [6, 6.07) is 5.26. The molecule has 110 valence electrons. The van der Waals surface area contributed by atoms with Crippen LogP contribution in [0.5, 0.6) is 0 Å². The second kappa shape index (κ2) is 6.90. The molecule has 0 spiro atoms. The molecule has 1 fully saturated rings. The van der Waals surface area contributed by atoms with Crippen LogP contribution >= 0.6 is 11.6 Å². The number of aliphatic hydroxyl groups is 1. The maximum absolute atomic E-state index is 9.34. The maximum atomic E-state index is 9.34. The van der Waals surface area contributed by atoms with Crippen LogP contribution in [0.1, 0.15) is 11.1 Å². The van der Waals surface area contributed by atoms with Crippen molar-refractivity contribution < 1.29 is 15.1 Å². The van der Waals surface area contributed by atoms with Gasteiger partial charge in [0, 0.05) is 23.7 Å². The molecule has 1 unspecified atom stereocenters. The van der Waals surface area contributed by atoms with Crippen molar-refractivity contribution in [3.05, 3.63) is 34.3 Å². The van der Waals surface area contributed by atoms with Gasteiger partial charge in [-0.3, -0.25) is 4.90 Å². The van der Waals surface area contributed by atoms with Crippen molar-refractivity contribution in [1.82, 2.24) is 4.90 Å². The third kappa shape index (κ3) is 3.40. The predicted octanol–water partition coefficient (Wildman–Crippen LogP) is 0.628. The summed E-state index contributed by atoms with van der Waals surface area (Å²) in [7, 11) is 0. The molecule has 6 nitrogen and oxygen atoms in total. The van der Waals surface area contributed by atoms with Gasteiger partial charge < -0.3 is 20.8 Å². The van der Waals surface area contributed by atoms with Crippen molar-refractivity contribution in [3.8, 4) is 0 Å². The van der Waals surface area contributed by atoms with Gasteiger partial charge in [-0.05, 0) is 11.6 Å². The highest BCUT2D eigenvalue weighted by molar-refractivity contribution is 6.31. The Bertz CT molecular complexity index is 496. The summed E-state index contributed by atoms with van der Waals surface area (Å²) in [5.74, 6) is 0.0260. The number of oxime groups is 1. The molecule has 0 aliphatic carbocycles. The van der Waals surface area contributed by atoms with Gasteiger partial charge in [-0.15, -0.1) is 0 Å². The lowest BCUT2D eigenvalue weighted by atomic mass is 10.1. The summed E-state index contributed by atoms with van der Waals surface area (Å²) in [5.41, 5.74) is 7.03. The first-order valence-corrected chi connectivity index (χ1v) is 6.72. The average molecular weight is 300 g/mol. The maximum Gasteiger partial charge on any atom is 0.170 e. The van der Waals surface area contributed by atoms with Crippen molar-refractivity contribution in [2.24, 2.45) is 10.9 Å². The van der Waals surface area contributed by atoms with E-state index in [4.69, 9.17) is 27.3 Å². The molecular formula is C13H18ClN3O3. The quantitative estimate of drug-likeness (QED) is 0.328. The van der Waals surface area contributed by atoms with Crippen molar-refractivity contribution >= 4 is 17.4 Å². The summed E-state index contributed by atoms with van der Waals surface area (Å²) in [5, 5.41) is 21.5. The first-order chi connectivity index (χ1) is 9.65. The Morgan fingerprint density at radius 2 is 2.35 bits per heavy atom. The van der Waals surface area contributed by atoms with Gasteiger partial charge in [0.2, 0.25) is 0 Å². The van der Waals surface area contributed by atoms with Crippen LogP contribution in [0.2, 0.25) is 5.02 Å². The Kier molecular flexibility index (Phi) is 5.19. The van der Waals surface area contributed by atoms with Gasteiger partial charge in [0.15, 0.2) is 5.84 Å². The fraction of sp³-hybridized carbons (Fsp3) is 0.462. The molecule has 1 heterocycles. The van der Waals surface area contributed by atoms with Crippen LogP contribution in [0.15, 0.2) is 23.4 Å². The van der Waals surface area contributed by atoms with E-state index in [0.717, 1.165) is 12.1 Å². The molecule has 20 heavy (non-hydrogen) atoms. The van der Waals surface area contributed by atoms with E-state index in [1.165, 1.54) is 0 Å². The lowest BCUT2D eigenvalue weighted by Crippen LogP contribution is -2.46. The third-order valence-electron chi connectivity index (χ3n) is 3.39. The van der Waals surface area contributed by atoms with Crippen LogP contribution < -0.4 is 5.73 Å². The molecule has 1 aliphatic rings. The van der Waals surface area contributed by atoms with E-state index in [1.807, 2.05) is 6.07 Å². The van der Waals surface area contributed by atoms with Crippen LogP contribution in [0, 0.1) is 0 Å². The fourth-order valence-corrected chi connectivity index (χ4v) is 2.42. The Morgan fingerprint density at radius 1 is 1.55 bits per heavy atom. The standard InChI is InChI=1S/C13H18ClN3O3/c14-12-5-9(13(15)16-19)1-2-10(12)6-17-3-4-20-8-11(17)7-18/h1-2,5,11,18-19H,3-4,6-8H2,(H2,15,16). The third-order valence-corrected chi connectivity index (χ3v) is 3.74. The Morgan fingerprint density at radius 3 is 3.00 bits per heavy atom. The van der Waals surface area contributed by atoms with E-state index in [1.54, 1.807) is 12.1 Å². The SMILES string of the molecule is N/C(=N/O)c1ccc(CN2CCOCC2CO)c(Cl)c1. The molecule has 1 aromatic rings. The number of aliphatic hydroxyl groups excluding tert-OH is 1. The number of morpholine rings is 1. The van der Waals surface area contributed by atoms with Crippen molar-refractivity contribution in [1.29, 1.82) is 0 Å². The minimum Gasteiger partial charge on any atom is -0.409 e. The molecule has 1 aromatic carbocycles. The van der Waals surface area contributed by atoms with Gasteiger partial charge in [0.25, 0.3) is 0 Å². The number of halogens is 1. The van der Waals surface area contributed by atoms with Gasteiger partial charge in [-0.25, -0.2) is 0 Å². The summed E-state index contributed by atoms with van der Waals surface area (Å²) in [4.78, 5) is 2.13. The summed E-state index contributed by atoms with van der Waals surface area (Å²) in [6.45, 7) is 2.61. The largest absolute Gasteiger partial charge is 0.409 e. The molecule has 2 rings (SSSR count). The second-order valence-corrected chi connectivity index (χ2v) is 5.08. The smallest absolute Gasteiger partial charge is 0.170 e. The first-order valence-electron chi connectivity index (χ1n) is 6.34. The van der Waals surface area contributed by atoms with Crippen molar-refractivity contribution in [3.63, 3.8) is 0 Å². The molecule has 0 aromatic heterocycles. The lowest BCUT2D eigenvalue weighted by molar-refractivity contribution is -0.0312. The van der Waals surface area contributed by atoms with E-state index in [-0.39, 0.29) is 18.5 Å². The summed E-state index contributed by atoms with van der Waals surface area (Å²) >= 11 is 6.23. The number of nitrogens with zero attached hydrogens (tertiary/aromatic N) is 2. The lowest BCUT2D eigenvalue weighted by Gasteiger charge is -2.34. The summed E-state index contributed by atoms with van der Waals surface area (Å²) < 4.78 is 5.34. The average Bonchev–Trinajstić information content (AvgIpc) is 2.49. The molecule has 0 saturated carbocycles. The molecule has 1 atom stereocenters. The number of nitrogens with two attached hydrogens (primary N) is 1. The number of amidine groups is 1. The fourth-order valence-electron chi connectivity index (χ4n) is 2.18. The number of hydrogen-bond donors (Lipinski definition) is 3. The minimum absolute atomic E-state index is 0.0106. The molecular weight excluding hydrogens is 282 g/mol. The van der Waals surface area contributed by atoms with Crippen LogP contribution in [0.3, 0.4) is 0 Å². The van der Waals surface area contributed by atoms with E-state index in [2.05, 4.69) is 10.1 Å². The molecule has 0 radical (unpaired) electrons. The van der Waals surface area contributed by atoms with E-state index < -0.39 is 0 Å².